The molecule has 1 aliphatic carbocycles. The molecule has 1 aromatic heterocycles. The monoisotopic (exact) mass is 492 g/mol. The number of aromatic amines is 1. The second kappa shape index (κ2) is 10.8. The van der Waals surface area contributed by atoms with E-state index in [4.69, 9.17) is 11.6 Å². The van der Waals surface area contributed by atoms with E-state index in [2.05, 4.69) is 21.7 Å². The van der Waals surface area contributed by atoms with E-state index in [9.17, 15) is 9.59 Å². The molecule has 0 saturated carbocycles. The minimum atomic E-state index is -0.0557. The maximum atomic E-state index is 12.8. The third-order valence-corrected chi connectivity index (χ3v) is 7.64. The van der Waals surface area contributed by atoms with E-state index in [1.165, 1.54) is 11.3 Å². The summed E-state index contributed by atoms with van der Waals surface area (Å²) in [7, 11) is 0. The second-order valence-electron chi connectivity index (χ2n) is 9.61. The van der Waals surface area contributed by atoms with E-state index in [1.807, 2.05) is 41.3 Å². The van der Waals surface area contributed by atoms with Crippen molar-refractivity contribution in [3.05, 3.63) is 69.9 Å². The summed E-state index contributed by atoms with van der Waals surface area (Å²) in [4.78, 5) is 30.0. The Morgan fingerprint density at radius 3 is 2.83 bits per heavy atom. The summed E-state index contributed by atoms with van der Waals surface area (Å²) < 4.78 is 0. The quantitative estimate of drug-likeness (QED) is 0.376. The van der Waals surface area contributed by atoms with Crippen LogP contribution in [0.15, 0.2) is 42.5 Å². The maximum Gasteiger partial charge on any atom is 0.251 e. The molecule has 5 rings (SSSR count). The zero-order valence-corrected chi connectivity index (χ0v) is 20.8. The number of benzene rings is 2. The van der Waals surface area contributed by atoms with Gasteiger partial charge in [-0.2, -0.15) is 0 Å². The highest BCUT2D eigenvalue weighted by molar-refractivity contribution is 6.31. The Morgan fingerprint density at radius 2 is 2.00 bits per heavy atom. The first-order valence-electron chi connectivity index (χ1n) is 12.8. The van der Waals surface area contributed by atoms with Crippen molar-refractivity contribution in [2.24, 2.45) is 0 Å². The number of aryl methyl sites for hydroxylation is 1. The van der Waals surface area contributed by atoms with Crippen LogP contribution >= 0.6 is 11.6 Å². The average molecular weight is 493 g/mol. The molecule has 1 aliphatic heterocycles. The van der Waals surface area contributed by atoms with E-state index in [-0.39, 0.29) is 17.9 Å². The molecule has 1 unspecified atom stereocenters. The summed E-state index contributed by atoms with van der Waals surface area (Å²) in [5.41, 5.74) is 5.50. The van der Waals surface area contributed by atoms with Gasteiger partial charge in [-0.3, -0.25) is 9.59 Å². The Bertz CT molecular complexity index is 1220. The predicted octanol–water partition coefficient (Wildman–Crippen LogP) is 4.77. The van der Waals surface area contributed by atoms with Gasteiger partial charge in [0.2, 0.25) is 5.91 Å². The van der Waals surface area contributed by atoms with Crippen molar-refractivity contribution in [1.82, 2.24) is 20.5 Å². The van der Waals surface area contributed by atoms with Crippen molar-refractivity contribution in [1.29, 1.82) is 0 Å². The molecule has 1 fully saturated rings. The zero-order valence-electron chi connectivity index (χ0n) is 20.0. The van der Waals surface area contributed by atoms with Gasteiger partial charge in [0.15, 0.2) is 0 Å². The first-order valence-corrected chi connectivity index (χ1v) is 13.2. The van der Waals surface area contributed by atoms with Crippen LogP contribution in [-0.2, 0) is 17.6 Å². The number of fused-ring (bicyclic) bond motifs is 3. The lowest BCUT2D eigenvalue weighted by molar-refractivity contribution is -0.127. The summed E-state index contributed by atoms with van der Waals surface area (Å²) in [6.45, 7) is 3.00. The third kappa shape index (κ3) is 5.39. The number of hydrogen-bond donors (Lipinski definition) is 3. The molecular formula is C28H33ClN4O2. The van der Waals surface area contributed by atoms with E-state index in [1.54, 1.807) is 0 Å². The molecule has 2 aliphatic rings. The van der Waals surface area contributed by atoms with Gasteiger partial charge in [-0.25, -0.2) is 0 Å². The van der Waals surface area contributed by atoms with Crippen LogP contribution in [0.2, 0.25) is 5.02 Å². The SMILES string of the molecule is O=C(NCCCN1CCCC1=O)c1ccc2[nH]c3c(c2c1)CCCC3NCCc1ccccc1Cl. The highest BCUT2D eigenvalue weighted by atomic mass is 35.5. The van der Waals surface area contributed by atoms with Gasteiger partial charge < -0.3 is 20.5 Å². The number of amides is 2. The molecule has 0 spiro atoms. The lowest BCUT2D eigenvalue weighted by Crippen LogP contribution is -2.30. The minimum absolute atomic E-state index is 0.0557. The number of carbonyl (C=O) groups is 2. The van der Waals surface area contributed by atoms with Crippen LogP contribution in [-0.4, -0.2) is 47.9 Å². The fourth-order valence-electron chi connectivity index (χ4n) is 5.40. The van der Waals surface area contributed by atoms with Crippen LogP contribution in [0.3, 0.4) is 0 Å². The summed E-state index contributed by atoms with van der Waals surface area (Å²) in [6, 6.07) is 14.2. The number of hydrogen-bond acceptors (Lipinski definition) is 3. The summed E-state index contributed by atoms with van der Waals surface area (Å²) in [6.07, 6.45) is 6.51. The van der Waals surface area contributed by atoms with Crippen LogP contribution in [0, 0.1) is 0 Å². The molecule has 0 bridgehead atoms. The second-order valence-corrected chi connectivity index (χ2v) is 10.0. The van der Waals surface area contributed by atoms with Crippen molar-refractivity contribution in [2.75, 3.05) is 26.2 Å². The Morgan fingerprint density at radius 1 is 1.11 bits per heavy atom. The van der Waals surface area contributed by atoms with Gasteiger partial charge in [-0.15, -0.1) is 0 Å². The van der Waals surface area contributed by atoms with E-state index < -0.39 is 0 Å². The van der Waals surface area contributed by atoms with Crippen molar-refractivity contribution >= 4 is 34.3 Å². The molecule has 6 nitrogen and oxygen atoms in total. The first kappa shape index (κ1) is 23.9. The Labute approximate surface area is 211 Å². The molecule has 7 heteroatoms. The number of nitrogens with zero attached hydrogens (tertiary/aromatic N) is 1. The van der Waals surface area contributed by atoms with Crippen molar-refractivity contribution in [3.8, 4) is 0 Å². The van der Waals surface area contributed by atoms with Crippen LogP contribution in [0.4, 0.5) is 0 Å². The first-order chi connectivity index (χ1) is 17.1. The van der Waals surface area contributed by atoms with E-state index in [0.717, 1.165) is 73.1 Å². The maximum absolute atomic E-state index is 12.8. The number of likely N-dealkylation sites (tertiary alicyclic amines) is 1. The zero-order chi connectivity index (χ0) is 24.2. The number of rotatable bonds is 9. The van der Waals surface area contributed by atoms with Crippen molar-refractivity contribution in [3.63, 3.8) is 0 Å². The molecule has 3 N–H and O–H groups in total. The fourth-order valence-corrected chi connectivity index (χ4v) is 5.63. The Hall–Kier alpha value is -2.83. The van der Waals surface area contributed by atoms with Gasteiger partial charge in [-0.1, -0.05) is 29.8 Å². The average Bonchev–Trinajstić information content (AvgIpc) is 3.46. The molecule has 35 heavy (non-hydrogen) atoms. The van der Waals surface area contributed by atoms with Crippen LogP contribution in [0.5, 0.6) is 0 Å². The number of halogens is 1. The number of carbonyl (C=O) groups excluding carboxylic acids is 2. The highest BCUT2D eigenvalue weighted by Gasteiger charge is 2.24. The molecule has 2 aromatic carbocycles. The number of H-pyrrole nitrogens is 1. The fraction of sp³-hybridized carbons (Fsp3) is 0.429. The molecule has 2 amide bonds. The van der Waals surface area contributed by atoms with Crippen LogP contribution < -0.4 is 10.6 Å². The van der Waals surface area contributed by atoms with Gasteiger partial charge in [0.1, 0.15) is 0 Å². The number of nitrogens with one attached hydrogen (secondary N) is 3. The van der Waals surface area contributed by atoms with Crippen LogP contribution in [0.25, 0.3) is 10.9 Å². The normalized spacial score (nSPS) is 17.7. The van der Waals surface area contributed by atoms with E-state index in [0.29, 0.717) is 25.1 Å². The standard InChI is InChI=1S/C28H33ClN4O2/c29-23-8-2-1-6-19(23)13-15-30-25-9-3-7-21-22-18-20(11-12-24(22)32-27(21)25)28(35)31-14-5-17-33-16-4-10-26(33)34/h1-2,6,8,11-12,18,25,30,32H,3-5,7,9-10,13-17H2,(H,31,35). The Balaban J connectivity index is 1.21. The Kier molecular flexibility index (Phi) is 7.40. The van der Waals surface area contributed by atoms with Gasteiger partial charge in [0.25, 0.3) is 5.91 Å². The molecule has 0 radical (unpaired) electrons. The molecule has 3 aromatic rings. The summed E-state index contributed by atoms with van der Waals surface area (Å²) in [5, 5.41) is 8.70. The molecule has 1 atom stereocenters. The van der Waals surface area contributed by atoms with Gasteiger partial charge in [0.05, 0.1) is 0 Å². The largest absolute Gasteiger partial charge is 0.357 e. The molecule has 184 valence electrons. The van der Waals surface area contributed by atoms with Crippen molar-refractivity contribution in [2.45, 2.75) is 51.0 Å². The molecule has 2 heterocycles. The topological polar surface area (TPSA) is 77.2 Å². The summed E-state index contributed by atoms with van der Waals surface area (Å²) in [5.74, 6) is 0.176. The van der Waals surface area contributed by atoms with Gasteiger partial charge >= 0.3 is 0 Å². The van der Waals surface area contributed by atoms with E-state index >= 15 is 0 Å². The highest BCUT2D eigenvalue weighted by Crippen LogP contribution is 2.35. The lowest BCUT2D eigenvalue weighted by atomic mass is 9.91. The number of aromatic nitrogens is 1. The minimum Gasteiger partial charge on any atom is -0.357 e. The lowest BCUT2D eigenvalue weighted by Gasteiger charge is -2.24. The third-order valence-electron chi connectivity index (χ3n) is 7.27. The van der Waals surface area contributed by atoms with Crippen molar-refractivity contribution < 1.29 is 9.59 Å². The molecule has 1 saturated heterocycles. The smallest absolute Gasteiger partial charge is 0.251 e. The van der Waals surface area contributed by atoms with Gasteiger partial charge in [-0.05, 0) is 80.5 Å². The summed E-state index contributed by atoms with van der Waals surface area (Å²) >= 11 is 6.31. The van der Waals surface area contributed by atoms with Gasteiger partial charge in [0, 0.05) is 59.3 Å². The van der Waals surface area contributed by atoms with Crippen LogP contribution in [0.1, 0.15) is 65.3 Å². The predicted molar refractivity (Wildman–Crippen MR) is 140 cm³/mol. The molecular weight excluding hydrogens is 460 g/mol.